The van der Waals surface area contributed by atoms with E-state index in [0.29, 0.717) is 18.0 Å². The molecule has 0 aliphatic carbocycles. The molecule has 0 spiro atoms. The van der Waals surface area contributed by atoms with Gasteiger partial charge in [0.2, 0.25) is 10.0 Å². The average Bonchev–Trinajstić information content (AvgIpc) is 2.33. The maximum absolute atomic E-state index is 12.6. The molecule has 1 aromatic carbocycles. The lowest BCUT2D eigenvalue weighted by Gasteiger charge is -2.21. The number of hydrogen-bond donors (Lipinski definition) is 0. The van der Waals surface area contributed by atoms with E-state index in [1.807, 2.05) is 32.9 Å². The van der Waals surface area contributed by atoms with Gasteiger partial charge in [-0.25, -0.2) is 8.42 Å². The van der Waals surface area contributed by atoms with Crippen LogP contribution in [0, 0.1) is 13.8 Å². The van der Waals surface area contributed by atoms with Gasteiger partial charge in [0, 0.05) is 18.4 Å². The summed E-state index contributed by atoms with van der Waals surface area (Å²) in [5, 5.41) is 0.811. The fourth-order valence-corrected chi connectivity index (χ4v) is 3.86. The molecule has 0 aliphatic heterocycles. The SMILES string of the molecule is CCN(CCCBr)S(=O)(=O)c1cc(C)ccc1C. The Morgan fingerprint density at radius 2 is 1.94 bits per heavy atom. The number of rotatable bonds is 6. The van der Waals surface area contributed by atoms with Gasteiger partial charge in [0.15, 0.2) is 0 Å². The highest BCUT2D eigenvalue weighted by Crippen LogP contribution is 2.21. The molecule has 0 amide bonds. The monoisotopic (exact) mass is 333 g/mol. The van der Waals surface area contributed by atoms with Gasteiger partial charge in [0.25, 0.3) is 0 Å². The summed E-state index contributed by atoms with van der Waals surface area (Å²) >= 11 is 3.33. The molecule has 0 saturated heterocycles. The van der Waals surface area contributed by atoms with Crippen LogP contribution in [0.3, 0.4) is 0 Å². The van der Waals surface area contributed by atoms with Crippen LogP contribution in [0.4, 0.5) is 0 Å². The smallest absolute Gasteiger partial charge is 0.207 e. The van der Waals surface area contributed by atoms with Crippen LogP contribution in [0.1, 0.15) is 24.5 Å². The van der Waals surface area contributed by atoms with Gasteiger partial charge >= 0.3 is 0 Å². The lowest BCUT2D eigenvalue weighted by molar-refractivity contribution is 0.428. The molecule has 0 radical (unpaired) electrons. The molecule has 0 aromatic heterocycles. The van der Waals surface area contributed by atoms with Crippen molar-refractivity contribution in [3.63, 3.8) is 0 Å². The number of halogens is 1. The minimum absolute atomic E-state index is 0.430. The van der Waals surface area contributed by atoms with E-state index in [1.54, 1.807) is 6.07 Å². The number of nitrogens with zero attached hydrogens (tertiary/aromatic N) is 1. The highest BCUT2D eigenvalue weighted by Gasteiger charge is 2.24. The van der Waals surface area contributed by atoms with Gasteiger partial charge in [-0.1, -0.05) is 35.0 Å². The lowest BCUT2D eigenvalue weighted by atomic mass is 10.2. The summed E-state index contributed by atoms with van der Waals surface area (Å²) in [5.74, 6) is 0. The van der Waals surface area contributed by atoms with Crippen LogP contribution >= 0.6 is 15.9 Å². The minimum Gasteiger partial charge on any atom is -0.207 e. The first kappa shape index (κ1) is 15.7. The van der Waals surface area contributed by atoms with Crippen molar-refractivity contribution in [2.75, 3.05) is 18.4 Å². The van der Waals surface area contributed by atoms with Gasteiger partial charge in [0.1, 0.15) is 0 Å². The molecule has 0 heterocycles. The van der Waals surface area contributed by atoms with Gasteiger partial charge in [0.05, 0.1) is 4.90 Å². The Balaban J connectivity index is 3.14. The Labute approximate surface area is 118 Å². The Morgan fingerprint density at radius 3 is 2.50 bits per heavy atom. The van der Waals surface area contributed by atoms with Crippen molar-refractivity contribution in [1.82, 2.24) is 4.31 Å². The van der Waals surface area contributed by atoms with E-state index in [2.05, 4.69) is 15.9 Å². The second kappa shape index (κ2) is 6.68. The van der Waals surface area contributed by atoms with E-state index < -0.39 is 10.0 Å². The van der Waals surface area contributed by atoms with Gasteiger partial charge in [-0.3, -0.25) is 0 Å². The zero-order chi connectivity index (χ0) is 13.8. The summed E-state index contributed by atoms with van der Waals surface area (Å²) < 4.78 is 26.6. The Hall–Kier alpha value is -0.390. The summed E-state index contributed by atoms with van der Waals surface area (Å²) in [5.41, 5.74) is 1.77. The molecule has 0 bridgehead atoms. The summed E-state index contributed by atoms with van der Waals surface area (Å²) in [7, 11) is -3.36. The van der Waals surface area contributed by atoms with Crippen LogP contribution in [0.5, 0.6) is 0 Å². The molecule has 1 aromatic rings. The van der Waals surface area contributed by atoms with Crippen LogP contribution in [0.15, 0.2) is 23.1 Å². The molecular formula is C13H20BrNO2S. The molecule has 0 fully saturated rings. The van der Waals surface area contributed by atoms with Crippen molar-refractivity contribution < 1.29 is 8.42 Å². The first-order valence-corrected chi connectivity index (χ1v) is 8.63. The molecule has 0 atom stereocenters. The number of alkyl halides is 1. The highest BCUT2D eigenvalue weighted by molar-refractivity contribution is 9.09. The third kappa shape index (κ3) is 3.56. The molecular weight excluding hydrogens is 314 g/mol. The maximum Gasteiger partial charge on any atom is 0.243 e. The normalized spacial score (nSPS) is 12.1. The standard InChI is InChI=1S/C13H20BrNO2S/c1-4-15(9-5-8-14)18(16,17)13-10-11(2)6-7-12(13)3/h6-7,10H,4-5,8-9H2,1-3H3. The lowest BCUT2D eigenvalue weighted by Crippen LogP contribution is -2.32. The Bertz CT molecular complexity index is 500. The molecule has 0 N–H and O–H groups in total. The molecule has 1 rings (SSSR count). The predicted molar refractivity (Wildman–Crippen MR) is 78.8 cm³/mol. The molecule has 5 heteroatoms. The second-order valence-electron chi connectivity index (χ2n) is 4.31. The number of sulfonamides is 1. The van der Waals surface area contributed by atoms with E-state index in [1.165, 1.54) is 4.31 Å². The average molecular weight is 334 g/mol. The fourth-order valence-electron chi connectivity index (χ4n) is 1.81. The maximum atomic E-state index is 12.6. The second-order valence-corrected chi connectivity index (χ2v) is 7.01. The minimum atomic E-state index is -3.36. The predicted octanol–water partition coefficient (Wildman–Crippen LogP) is 3.10. The third-order valence-corrected chi connectivity index (χ3v) is 5.53. The van der Waals surface area contributed by atoms with Gasteiger partial charge in [-0.15, -0.1) is 0 Å². The van der Waals surface area contributed by atoms with E-state index in [-0.39, 0.29) is 0 Å². The Kier molecular flexibility index (Phi) is 5.82. The summed E-state index contributed by atoms with van der Waals surface area (Å²) in [6.45, 7) is 6.68. The quantitative estimate of drug-likeness (QED) is 0.750. The van der Waals surface area contributed by atoms with Crippen molar-refractivity contribution in [2.45, 2.75) is 32.1 Å². The zero-order valence-corrected chi connectivity index (χ0v) is 13.5. The molecule has 18 heavy (non-hydrogen) atoms. The third-order valence-electron chi connectivity index (χ3n) is 2.86. The first-order chi connectivity index (χ1) is 8.43. The van der Waals surface area contributed by atoms with Crippen molar-refractivity contribution in [1.29, 1.82) is 0 Å². The van der Waals surface area contributed by atoms with E-state index in [0.717, 1.165) is 22.9 Å². The van der Waals surface area contributed by atoms with Crippen LogP contribution in [-0.4, -0.2) is 31.1 Å². The summed E-state index contributed by atoms with van der Waals surface area (Å²) in [6, 6.07) is 5.55. The zero-order valence-electron chi connectivity index (χ0n) is 11.1. The number of aryl methyl sites for hydroxylation is 2. The largest absolute Gasteiger partial charge is 0.243 e. The van der Waals surface area contributed by atoms with Crippen molar-refractivity contribution >= 4 is 26.0 Å². The number of benzene rings is 1. The molecule has 0 aliphatic rings. The summed E-state index contributed by atoms with van der Waals surface area (Å²) in [6.07, 6.45) is 0.817. The van der Waals surface area contributed by atoms with Crippen molar-refractivity contribution in [3.8, 4) is 0 Å². The van der Waals surface area contributed by atoms with Crippen molar-refractivity contribution in [3.05, 3.63) is 29.3 Å². The van der Waals surface area contributed by atoms with E-state index >= 15 is 0 Å². The summed E-state index contributed by atoms with van der Waals surface area (Å²) in [4.78, 5) is 0.430. The molecule has 102 valence electrons. The topological polar surface area (TPSA) is 37.4 Å². The first-order valence-electron chi connectivity index (χ1n) is 6.06. The fraction of sp³-hybridized carbons (Fsp3) is 0.538. The Morgan fingerprint density at radius 1 is 1.28 bits per heavy atom. The van der Waals surface area contributed by atoms with E-state index in [4.69, 9.17) is 0 Å². The van der Waals surface area contributed by atoms with E-state index in [9.17, 15) is 8.42 Å². The van der Waals surface area contributed by atoms with Crippen LogP contribution in [-0.2, 0) is 10.0 Å². The highest BCUT2D eigenvalue weighted by atomic mass is 79.9. The molecule has 0 unspecified atom stereocenters. The number of hydrogen-bond acceptors (Lipinski definition) is 2. The van der Waals surface area contributed by atoms with Crippen LogP contribution < -0.4 is 0 Å². The van der Waals surface area contributed by atoms with Gasteiger partial charge < -0.3 is 0 Å². The molecule has 0 saturated carbocycles. The van der Waals surface area contributed by atoms with Gasteiger partial charge in [-0.2, -0.15) is 4.31 Å². The van der Waals surface area contributed by atoms with Crippen molar-refractivity contribution in [2.24, 2.45) is 0 Å². The van der Waals surface area contributed by atoms with Gasteiger partial charge in [-0.05, 0) is 37.5 Å². The molecule has 3 nitrogen and oxygen atoms in total. The van der Waals surface area contributed by atoms with Crippen LogP contribution in [0.2, 0.25) is 0 Å². The van der Waals surface area contributed by atoms with Crippen LogP contribution in [0.25, 0.3) is 0 Å².